The van der Waals surface area contributed by atoms with E-state index in [0.29, 0.717) is 13.0 Å². The van der Waals surface area contributed by atoms with Crippen LogP contribution in [0.2, 0.25) is 0 Å². The molecule has 0 bridgehead atoms. The van der Waals surface area contributed by atoms with E-state index in [0.717, 1.165) is 52.1 Å². The number of likely N-dealkylation sites (tertiary alicyclic amines) is 1. The van der Waals surface area contributed by atoms with Crippen LogP contribution in [0.3, 0.4) is 0 Å². The van der Waals surface area contributed by atoms with Crippen molar-refractivity contribution in [2.75, 3.05) is 51.2 Å². The van der Waals surface area contributed by atoms with Crippen LogP contribution >= 0.6 is 0 Å². The molecule has 0 radical (unpaired) electrons. The fourth-order valence-electron chi connectivity index (χ4n) is 6.06. The first-order chi connectivity index (χ1) is 17.5. The van der Waals surface area contributed by atoms with Gasteiger partial charge in [0.15, 0.2) is 0 Å². The van der Waals surface area contributed by atoms with Crippen molar-refractivity contribution in [2.24, 2.45) is 0 Å². The Bertz CT molecular complexity index is 1040. The van der Waals surface area contributed by atoms with Crippen LogP contribution in [0.15, 0.2) is 54.6 Å². The van der Waals surface area contributed by atoms with Crippen LogP contribution in [-0.4, -0.2) is 91.0 Å². The number of amides is 2. The van der Waals surface area contributed by atoms with Crippen LogP contribution in [-0.2, 0) is 16.1 Å². The Labute approximate surface area is 215 Å². The highest BCUT2D eigenvalue weighted by Crippen LogP contribution is 2.29. The standard InChI is InChI=1S/C29H39N5O2/c1-22-8-10-23(11-9-22)21-34-15-14-26-28(34)29(36)30-20-25(31(26)2)12-13-27(35)33-18-16-32(17-19-33)24-6-4-3-5-7-24/h3-11,25-26,28H,12-21H2,1-2H3,(H,30,36). The number of likely N-dealkylation sites (N-methyl/N-ethyl adjacent to an activating group) is 1. The van der Waals surface area contributed by atoms with Gasteiger partial charge in [-0.3, -0.25) is 19.4 Å². The van der Waals surface area contributed by atoms with E-state index in [1.165, 1.54) is 16.8 Å². The molecule has 3 atom stereocenters. The summed E-state index contributed by atoms with van der Waals surface area (Å²) in [7, 11) is 2.14. The van der Waals surface area contributed by atoms with Gasteiger partial charge in [0.25, 0.3) is 0 Å². The number of hydrogen-bond acceptors (Lipinski definition) is 5. The predicted molar refractivity (Wildman–Crippen MR) is 143 cm³/mol. The Kier molecular flexibility index (Phi) is 7.58. The first-order valence-electron chi connectivity index (χ1n) is 13.4. The van der Waals surface area contributed by atoms with Gasteiger partial charge < -0.3 is 15.1 Å². The number of para-hydroxylation sites is 1. The molecule has 2 aromatic carbocycles. The van der Waals surface area contributed by atoms with Crippen LogP contribution in [0.1, 0.15) is 30.4 Å². The molecule has 3 unspecified atom stereocenters. The van der Waals surface area contributed by atoms with E-state index in [1.807, 2.05) is 11.0 Å². The van der Waals surface area contributed by atoms with Crippen LogP contribution in [0.4, 0.5) is 5.69 Å². The first-order valence-corrected chi connectivity index (χ1v) is 13.4. The fraction of sp³-hybridized carbons (Fsp3) is 0.517. The minimum absolute atomic E-state index is 0.127. The number of rotatable bonds is 6. The number of carbonyl (C=O) groups excluding carboxylic acids is 2. The lowest BCUT2D eigenvalue weighted by Gasteiger charge is -2.37. The van der Waals surface area contributed by atoms with Gasteiger partial charge in [0.1, 0.15) is 6.04 Å². The number of nitrogens with one attached hydrogen (secondary N) is 1. The maximum atomic E-state index is 13.1. The Morgan fingerprint density at radius 1 is 0.972 bits per heavy atom. The van der Waals surface area contributed by atoms with E-state index in [-0.39, 0.29) is 29.9 Å². The molecule has 1 N–H and O–H groups in total. The number of hydrogen-bond donors (Lipinski definition) is 1. The van der Waals surface area contributed by atoms with Crippen molar-refractivity contribution in [1.29, 1.82) is 0 Å². The van der Waals surface area contributed by atoms with Crippen LogP contribution in [0, 0.1) is 6.92 Å². The van der Waals surface area contributed by atoms with Crippen molar-refractivity contribution >= 4 is 17.5 Å². The minimum Gasteiger partial charge on any atom is -0.368 e. The molecule has 7 heteroatoms. The van der Waals surface area contributed by atoms with Gasteiger partial charge in [-0.15, -0.1) is 0 Å². The molecule has 0 saturated carbocycles. The van der Waals surface area contributed by atoms with Crippen LogP contribution in [0.5, 0.6) is 0 Å². The molecule has 3 fully saturated rings. The highest BCUT2D eigenvalue weighted by atomic mass is 16.2. The minimum atomic E-state index is -0.136. The summed E-state index contributed by atoms with van der Waals surface area (Å²) in [6, 6.07) is 19.2. The molecule has 0 spiro atoms. The van der Waals surface area contributed by atoms with Crippen molar-refractivity contribution < 1.29 is 9.59 Å². The van der Waals surface area contributed by atoms with Gasteiger partial charge in [-0.2, -0.15) is 0 Å². The molecule has 3 aliphatic rings. The summed E-state index contributed by atoms with van der Waals surface area (Å²) in [6.07, 6.45) is 2.28. The van der Waals surface area contributed by atoms with E-state index in [4.69, 9.17) is 0 Å². The quantitative estimate of drug-likeness (QED) is 0.676. The summed E-state index contributed by atoms with van der Waals surface area (Å²) in [4.78, 5) is 35.2. The molecule has 2 aromatic rings. The molecule has 192 valence electrons. The number of carbonyl (C=O) groups is 2. The zero-order valence-electron chi connectivity index (χ0n) is 21.6. The van der Waals surface area contributed by atoms with Crippen molar-refractivity contribution in [3.05, 3.63) is 65.7 Å². The van der Waals surface area contributed by atoms with E-state index < -0.39 is 0 Å². The Morgan fingerprint density at radius 3 is 2.42 bits per heavy atom. The van der Waals surface area contributed by atoms with Gasteiger partial charge in [-0.1, -0.05) is 48.0 Å². The summed E-state index contributed by atoms with van der Waals surface area (Å²) in [5.41, 5.74) is 3.72. The SMILES string of the molecule is Cc1ccc(CN2CCC3C2C(=O)NCC(CCC(=O)N2CCN(c4ccccc4)CC2)N3C)cc1. The van der Waals surface area contributed by atoms with Crippen molar-refractivity contribution in [1.82, 2.24) is 20.0 Å². The number of benzene rings is 2. The highest BCUT2D eigenvalue weighted by Gasteiger charge is 2.45. The van der Waals surface area contributed by atoms with Gasteiger partial charge in [0.05, 0.1) is 0 Å². The maximum absolute atomic E-state index is 13.1. The summed E-state index contributed by atoms with van der Waals surface area (Å²) >= 11 is 0. The smallest absolute Gasteiger partial charge is 0.239 e. The second-order valence-corrected chi connectivity index (χ2v) is 10.6. The highest BCUT2D eigenvalue weighted by molar-refractivity contribution is 5.83. The lowest BCUT2D eigenvalue weighted by Crippen LogP contribution is -2.50. The molecule has 0 aliphatic carbocycles. The molecule has 36 heavy (non-hydrogen) atoms. The largest absolute Gasteiger partial charge is 0.368 e. The molecule has 0 aromatic heterocycles. The number of nitrogens with zero attached hydrogens (tertiary/aromatic N) is 4. The molecule has 3 aliphatic heterocycles. The number of anilines is 1. The van der Waals surface area contributed by atoms with Gasteiger partial charge in [-0.25, -0.2) is 0 Å². The van der Waals surface area contributed by atoms with E-state index in [2.05, 4.69) is 82.5 Å². The summed E-state index contributed by atoms with van der Waals surface area (Å²) in [6.45, 7) is 7.69. The average molecular weight is 490 g/mol. The average Bonchev–Trinajstić information content (AvgIpc) is 3.28. The second-order valence-electron chi connectivity index (χ2n) is 10.6. The number of fused-ring (bicyclic) bond motifs is 1. The van der Waals surface area contributed by atoms with Crippen molar-refractivity contribution in [3.8, 4) is 0 Å². The van der Waals surface area contributed by atoms with Crippen LogP contribution in [0.25, 0.3) is 0 Å². The van der Waals surface area contributed by atoms with E-state index in [1.54, 1.807) is 0 Å². The molecule has 2 amide bonds. The van der Waals surface area contributed by atoms with Gasteiger partial charge in [0, 0.05) is 70.0 Å². The molecular formula is C29H39N5O2. The molecular weight excluding hydrogens is 450 g/mol. The molecule has 7 nitrogen and oxygen atoms in total. The van der Waals surface area contributed by atoms with Crippen LogP contribution < -0.4 is 10.2 Å². The lowest BCUT2D eigenvalue weighted by molar-refractivity contribution is -0.132. The van der Waals surface area contributed by atoms with E-state index in [9.17, 15) is 9.59 Å². The third-order valence-corrected chi connectivity index (χ3v) is 8.30. The van der Waals surface area contributed by atoms with Gasteiger partial charge >= 0.3 is 0 Å². The van der Waals surface area contributed by atoms with Gasteiger partial charge in [-0.05, 0) is 44.5 Å². The van der Waals surface area contributed by atoms with Crippen molar-refractivity contribution in [2.45, 2.75) is 50.9 Å². The number of aryl methyl sites for hydroxylation is 1. The van der Waals surface area contributed by atoms with E-state index >= 15 is 0 Å². The maximum Gasteiger partial charge on any atom is 0.239 e. The molecule has 3 saturated heterocycles. The summed E-state index contributed by atoms with van der Waals surface area (Å²) in [5, 5.41) is 3.19. The Balaban J connectivity index is 1.14. The fourth-order valence-corrected chi connectivity index (χ4v) is 6.06. The first kappa shape index (κ1) is 24.8. The summed E-state index contributed by atoms with van der Waals surface area (Å²) < 4.78 is 0. The zero-order chi connectivity index (χ0) is 25.1. The van der Waals surface area contributed by atoms with Gasteiger partial charge in [0.2, 0.25) is 11.8 Å². The molecule has 5 rings (SSSR count). The third kappa shape index (κ3) is 5.42. The monoisotopic (exact) mass is 489 g/mol. The Morgan fingerprint density at radius 2 is 1.69 bits per heavy atom. The molecule has 3 heterocycles. The summed E-state index contributed by atoms with van der Waals surface area (Å²) in [5.74, 6) is 0.359. The van der Waals surface area contributed by atoms with Crippen molar-refractivity contribution in [3.63, 3.8) is 0 Å². The topological polar surface area (TPSA) is 59.1 Å². The second kappa shape index (κ2) is 11.0. The lowest BCUT2D eigenvalue weighted by atomic mass is 10.0. The predicted octanol–water partition coefficient (Wildman–Crippen LogP) is 2.50. The number of piperazine rings is 1. The normalized spacial score (nSPS) is 25.4. The zero-order valence-corrected chi connectivity index (χ0v) is 21.6. The third-order valence-electron chi connectivity index (χ3n) is 8.30. The Hall–Kier alpha value is -2.90.